The Hall–Kier alpha value is -8.70. The van der Waals surface area contributed by atoms with Crippen LogP contribution in [0.1, 0.15) is 89.5 Å². The van der Waals surface area contributed by atoms with Gasteiger partial charge in [-0.3, -0.25) is 48.6 Å². The topological polar surface area (TPSA) is 273 Å². The van der Waals surface area contributed by atoms with E-state index in [1.54, 1.807) is 88.7 Å². The second-order valence-corrected chi connectivity index (χ2v) is 23.8. The molecule has 0 radical (unpaired) electrons. The highest BCUT2D eigenvalue weighted by Crippen LogP contribution is 2.49. The Labute approximate surface area is 505 Å². The standard InChI is InChI=1S/C63H68ClN11O10S/c1-36(2)25-44(65)61(82)74(34-53(77)70-60(81)47(26-38-11-7-5-8-12-38)69-52(76)13-9-6-10-20-73-54(78)18-19-55(73)79)43-15-17-46-40(28-43)29-48(67-46)59(80)66-42-14-16-45-39(27-42)30-49(68-45)62(83)75-33-41(32-64)57-50(75)31-51(58-56(57)37(3)35-86-58)85-63(84)72-23-21-71(4)22-24-72/h5,7-8,11-12,14-19,27-31,35-36,41,44,47,67-68H,6,9-10,13,20-26,32-34,65H2,1-4H3,(H,66,80)(H,69,76)(H,70,77,81)/t41-,44-,47-/m0/s1. The number of nitrogens with one attached hydrogen (secondary N) is 5. The van der Waals surface area contributed by atoms with E-state index in [2.05, 4.69) is 30.8 Å². The highest BCUT2D eigenvalue weighted by atomic mass is 35.5. The molecule has 3 atom stereocenters. The molecule has 3 aromatic heterocycles. The van der Waals surface area contributed by atoms with E-state index in [0.29, 0.717) is 89.9 Å². The van der Waals surface area contributed by atoms with Crippen LogP contribution in [-0.2, 0) is 35.2 Å². The molecule has 3 aliphatic heterocycles. The number of carbonyl (C=O) groups is 9. The van der Waals surface area contributed by atoms with Crippen LogP contribution in [0.5, 0.6) is 5.75 Å². The van der Waals surface area contributed by atoms with Crippen molar-refractivity contribution in [1.29, 1.82) is 0 Å². The number of nitrogens with two attached hydrogens (primary N) is 1. The number of unbranched alkanes of at least 4 members (excludes halogenated alkanes) is 2. The van der Waals surface area contributed by atoms with E-state index in [4.69, 9.17) is 22.1 Å². The largest absolute Gasteiger partial charge is 0.415 e. The number of aromatic amines is 2. The number of thiophene rings is 1. The van der Waals surface area contributed by atoms with Crippen molar-refractivity contribution in [3.8, 4) is 5.75 Å². The molecule has 0 aliphatic carbocycles. The average molecular weight is 1210 g/mol. The van der Waals surface area contributed by atoms with Crippen LogP contribution in [0.15, 0.2) is 102 Å². The van der Waals surface area contributed by atoms with Crippen LogP contribution in [0.3, 0.4) is 0 Å². The molecule has 21 nitrogen and oxygen atoms in total. The zero-order chi connectivity index (χ0) is 60.9. The van der Waals surface area contributed by atoms with Crippen molar-refractivity contribution >= 4 is 125 Å². The number of fused-ring (bicyclic) bond motifs is 5. The lowest BCUT2D eigenvalue weighted by molar-refractivity contribution is -0.137. The first-order valence-electron chi connectivity index (χ1n) is 28.7. The van der Waals surface area contributed by atoms with Gasteiger partial charge in [0.25, 0.3) is 23.6 Å². The molecule has 4 aromatic carbocycles. The van der Waals surface area contributed by atoms with Crippen molar-refractivity contribution in [2.75, 3.05) is 73.9 Å². The third-order valence-electron chi connectivity index (χ3n) is 15.8. The number of aromatic nitrogens is 2. The van der Waals surface area contributed by atoms with Crippen LogP contribution in [-0.4, -0.2) is 149 Å². The van der Waals surface area contributed by atoms with Gasteiger partial charge in [0.2, 0.25) is 23.6 Å². The molecule has 1 saturated heterocycles. The number of ether oxygens (including phenoxy) is 1. The monoisotopic (exact) mass is 1210 g/mol. The lowest BCUT2D eigenvalue weighted by atomic mass is 9.97. The summed E-state index contributed by atoms with van der Waals surface area (Å²) in [4.78, 5) is 135. The Morgan fingerprint density at radius 2 is 1.53 bits per heavy atom. The van der Waals surface area contributed by atoms with E-state index in [1.165, 1.54) is 28.4 Å². The summed E-state index contributed by atoms with van der Waals surface area (Å²) in [5.41, 5.74) is 12.1. The predicted octanol–water partition coefficient (Wildman–Crippen LogP) is 7.72. The van der Waals surface area contributed by atoms with Gasteiger partial charge in [-0.15, -0.1) is 22.9 Å². The van der Waals surface area contributed by atoms with E-state index >= 15 is 0 Å². The number of likely N-dealkylation sites (N-methyl/N-ethyl adjacent to an activating group) is 1. The first kappa shape index (κ1) is 60.4. The van der Waals surface area contributed by atoms with Crippen LogP contribution in [0, 0.1) is 12.8 Å². The number of hydrogen-bond donors (Lipinski definition) is 6. The maximum absolute atomic E-state index is 14.6. The number of aryl methyl sites for hydroxylation is 1. The number of anilines is 3. The molecule has 0 bridgehead atoms. The van der Waals surface area contributed by atoms with Gasteiger partial charge < -0.3 is 50.7 Å². The van der Waals surface area contributed by atoms with Gasteiger partial charge in [0.05, 0.1) is 16.4 Å². The van der Waals surface area contributed by atoms with E-state index in [1.807, 2.05) is 39.3 Å². The van der Waals surface area contributed by atoms with E-state index in [-0.39, 0.29) is 66.2 Å². The fourth-order valence-corrected chi connectivity index (χ4v) is 12.5. The van der Waals surface area contributed by atoms with Crippen molar-refractivity contribution in [3.05, 3.63) is 131 Å². The second-order valence-electron chi connectivity index (χ2n) is 22.6. The molecular formula is C63H68ClN11O10S. The minimum Gasteiger partial charge on any atom is -0.409 e. The number of piperazine rings is 1. The van der Waals surface area contributed by atoms with Crippen LogP contribution in [0.25, 0.3) is 31.9 Å². The number of halogens is 1. The highest BCUT2D eigenvalue weighted by molar-refractivity contribution is 7.17. The van der Waals surface area contributed by atoms with Crippen LogP contribution < -0.4 is 36.2 Å². The number of amides is 9. The molecule has 23 heteroatoms. The van der Waals surface area contributed by atoms with E-state index in [0.717, 1.165) is 44.8 Å². The van der Waals surface area contributed by atoms with Gasteiger partial charge in [-0.1, -0.05) is 50.6 Å². The van der Waals surface area contributed by atoms with Gasteiger partial charge in [0.15, 0.2) is 5.75 Å². The van der Waals surface area contributed by atoms with Gasteiger partial charge in [-0.2, -0.15) is 0 Å². The van der Waals surface area contributed by atoms with Gasteiger partial charge in [0, 0.05) is 121 Å². The lowest BCUT2D eigenvalue weighted by Gasteiger charge is -2.31. The zero-order valence-corrected chi connectivity index (χ0v) is 49.8. The van der Waals surface area contributed by atoms with Gasteiger partial charge in [0.1, 0.15) is 24.0 Å². The molecule has 7 aromatic rings. The maximum Gasteiger partial charge on any atom is 0.415 e. The van der Waals surface area contributed by atoms with Gasteiger partial charge >= 0.3 is 6.09 Å². The quantitative estimate of drug-likeness (QED) is 0.0229. The van der Waals surface area contributed by atoms with Crippen molar-refractivity contribution in [2.24, 2.45) is 11.7 Å². The first-order chi connectivity index (χ1) is 41.3. The molecule has 3 aliphatic rings. The molecule has 1 fully saturated rings. The molecule has 448 valence electrons. The molecule has 7 N–H and O–H groups in total. The lowest BCUT2D eigenvalue weighted by Crippen LogP contribution is -2.53. The SMILES string of the molecule is Cc1csc2c(OC(=O)N3CCN(C)CC3)cc3c(c12)[C@@H](CCl)CN3C(=O)c1cc2cc(NC(=O)c3cc4cc(N(CC(=O)NC(=O)[C@H](Cc5ccccc5)NC(=O)CCCCCN5C(=O)C=CC5=O)C(=O)[C@@H](N)CC(C)C)ccc4[nH]3)ccc2[nH]1. The summed E-state index contributed by atoms with van der Waals surface area (Å²) < 4.78 is 6.93. The number of benzene rings is 4. The number of alkyl halides is 1. The van der Waals surface area contributed by atoms with Crippen molar-refractivity contribution in [1.82, 2.24) is 35.3 Å². The zero-order valence-electron chi connectivity index (χ0n) is 48.2. The smallest absolute Gasteiger partial charge is 0.409 e. The molecule has 10 rings (SSSR count). The average Bonchev–Trinajstić information content (AvgIpc) is 1.66. The summed E-state index contributed by atoms with van der Waals surface area (Å²) in [6.45, 7) is 8.33. The second kappa shape index (κ2) is 26.3. The number of rotatable bonds is 21. The molecule has 0 unspecified atom stereocenters. The van der Waals surface area contributed by atoms with Gasteiger partial charge in [-0.05, 0) is 110 Å². The number of hydrogen-bond acceptors (Lipinski definition) is 13. The normalized spacial score (nSPS) is 15.8. The first-order valence-corrected chi connectivity index (χ1v) is 30.2. The Kier molecular flexibility index (Phi) is 18.5. The van der Waals surface area contributed by atoms with Crippen molar-refractivity contribution in [2.45, 2.75) is 77.3 Å². The molecule has 0 spiro atoms. The summed E-state index contributed by atoms with van der Waals surface area (Å²) in [7, 11) is 2.01. The highest BCUT2D eigenvalue weighted by Gasteiger charge is 2.38. The molecular weight excluding hydrogens is 1140 g/mol. The number of nitrogens with zero attached hydrogens (tertiary/aromatic N) is 5. The third-order valence-corrected chi connectivity index (χ3v) is 17.3. The number of carbonyl (C=O) groups excluding carboxylic acids is 9. The van der Waals surface area contributed by atoms with E-state index in [9.17, 15) is 43.2 Å². The third kappa shape index (κ3) is 13.5. The predicted molar refractivity (Wildman–Crippen MR) is 331 cm³/mol. The minimum absolute atomic E-state index is 0.0294. The molecule has 0 saturated carbocycles. The maximum atomic E-state index is 14.6. The van der Waals surface area contributed by atoms with Crippen LogP contribution in [0.2, 0.25) is 0 Å². The van der Waals surface area contributed by atoms with Crippen LogP contribution >= 0.6 is 22.9 Å². The van der Waals surface area contributed by atoms with Gasteiger partial charge in [-0.25, -0.2) is 4.79 Å². The Morgan fingerprint density at radius 1 is 0.837 bits per heavy atom. The fourth-order valence-electron chi connectivity index (χ4n) is 11.2. The molecule has 6 heterocycles. The number of imide groups is 2. The van der Waals surface area contributed by atoms with Crippen molar-refractivity contribution in [3.63, 3.8) is 0 Å². The summed E-state index contributed by atoms with van der Waals surface area (Å²) in [6.07, 6.45) is 3.87. The Balaban J connectivity index is 0.813. The Morgan fingerprint density at radius 3 is 2.26 bits per heavy atom. The molecule has 9 amide bonds. The van der Waals surface area contributed by atoms with E-state index < -0.39 is 54.3 Å². The van der Waals surface area contributed by atoms with Crippen LogP contribution in [0.4, 0.5) is 21.9 Å². The fraction of sp³-hybridized carbons (Fsp3) is 0.349. The summed E-state index contributed by atoms with van der Waals surface area (Å²) in [6, 6.07) is 22.1. The minimum atomic E-state index is -1.16. The summed E-state index contributed by atoms with van der Waals surface area (Å²) in [5.74, 6) is -3.65. The summed E-state index contributed by atoms with van der Waals surface area (Å²) >= 11 is 8.10. The van der Waals surface area contributed by atoms with Crippen molar-refractivity contribution < 1.29 is 47.9 Å². The summed E-state index contributed by atoms with van der Waals surface area (Å²) in [5, 5.41) is 12.2. The Bertz CT molecular complexity index is 3810. The molecule has 86 heavy (non-hydrogen) atoms. The number of H-pyrrole nitrogens is 2.